The molecule has 5 heterocycles. The summed E-state index contributed by atoms with van der Waals surface area (Å²) in [4.78, 5) is 77.0. The van der Waals surface area contributed by atoms with Gasteiger partial charge in [-0.25, -0.2) is 5.43 Å². The number of likely N-dealkylation sites (tertiary alicyclic amines) is 1. The summed E-state index contributed by atoms with van der Waals surface area (Å²) < 4.78 is 14.0. The van der Waals surface area contributed by atoms with E-state index in [1.54, 1.807) is 37.4 Å². The molecule has 65 heavy (non-hydrogen) atoms. The number of carbonyl (C=O) groups is 5. The van der Waals surface area contributed by atoms with Gasteiger partial charge in [0.25, 0.3) is 5.91 Å². The van der Waals surface area contributed by atoms with Gasteiger partial charge in [-0.2, -0.15) is 0 Å². The van der Waals surface area contributed by atoms with Gasteiger partial charge in [-0.1, -0.05) is 46.4 Å². The quantitative estimate of drug-likeness (QED) is 0.144. The fourth-order valence-electron chi connectivity index (χ4n) is 9.77. The van der Waals surface area contributed by atoms with Crippen molar-refractivity contribution in [3.8, 4) is 28.1 Å². The van der Waals surface area contributed by atoms with Gasteiger partial charge in [0.15, 0.2) is 0 Å². The number of aryl methyl sites for hydroxylation is 1. The molecule has 4 amide bonds. The van der Waals surface area contributed by atoms with Crippen molar-refractivity contribution in [1.82, 2.24) is 35.1 Å². The van der Waals surface area contributed by atoms with Gasteiger partial charge in [0.2, 0.25) is 17.7 Å². The van der Waals surface area contributed by atoms with Crippen LogP contribution in [0.4, 0.5) is 0 Å². The number of benzene rings is 2. The summed E-state index contributed by atoms with van der Waals surface area (Å²) in [6.45, 7) is 14.3. The van der Waals surface area contributed by atoms with Gasteiger partial charge in [0, 0.05) is 75.3 Å². The van der Waals surface area contributed by atoms with E-state index < -0.39 is 47.2 Å². The van der Waals surface area contributed by atoms with Crippen LogP contribution in [0.5, 0.6) is 5.75 Å². The Bertz CT molecular complexity index is 2500. The van der Waals surface area contributed by atoms with Crippen LogP contribution in [0.15, 0.2) is 67.4 Å². The van der Waals surface area contributed by atoms with E-state index in [-0.39, 0.29) is 55.7 Å². The largest absolute Gasteiger partial charge is 0.508 e. The summed E-state index contributed by atoms with van der Waals surface area (Å²) in [5.41, 5.74) is 9.39. The van der Waals surface area contributed by atoms with Crippen LogP contribution in [0.2, 0.25) is 0 Å². The number of likely N-dealkylation sites (N-methyl/N-ethyl adjacent to an activating group) is 1. The SMILES string of the molecule is C=CC(=O)N1CC[C@H](C(=O)N(C)[C@H](C(=O)N[C@H]2Cc3cc(O)cc(c3)-c3ccc4c(c3)c(c(-c3cccnc3[C@H](C)OC)n4C)CC(C)(C)COC(=O)[C@@H]3CCCN(N3)C2=O)C(C)C)C1. The molecule has 0 radical (unpaired) electrons. The zero-order chi connectivity index (χ0) is 46.9. The van der Waals surface area contributed by atoms with Gasteiger partial charge in [0.1, 0.15) is 23.9 Å². The number of nitrogens with one attached hydrogen (secondary N) is 2. The number of ether oxygens (including phenoxy) is 2. The molecule has 15 nitrogen and oxygen atoms in total. The molecule has 3 aliphatic heterocycles. The number of aromatic nitrogens is 2. The third-order valence-corrected chi connectivity index (χ3v) is 13.2. The number of pyridine rings is 1. The summed E-state index contributed by atoms with van der Waals surface area (Å²) in [5, 5.41) is 16.6. The highest BCUT2D eigenvalue weighted by atomic mass is 16.5. The molecule has 2 saturated heterocycles. The molecule has 5 atom stereocenters. The monoisotopic (exact) mass is 889 g/mol. The van der Waals surface area contributed by atoms with Gasteiger partial charge in [-0.15, -0.1) is 0 Å². The minimum Gasteiger partial charge on any atom is -0.508 e. The molecular weight excluding hydrogens is 827 g/mol. The number of phenolic OH excluding ortho intramolecular Hbond substituents is 1. The van der Waals surface area contributed by atoms with E-state index >= 15 is 0 Å². The Morgan fingerprint density at radius 1 is 1.08 bits per heavy atom. The number of aromatic hydroxyl groups is 1. The molecule has 6 bridgehead atoms. The summed E-state index contributed by atoms with van der Waals surface area (Å²) in [6.07, 6.45) is 4.63. The van der Waals surface area contributed by atoms with Gasteiger partial charge in [0.05, 0.1) is 30.0 Å². The van der Waals surface area contributed by atoms with E-state index in [1.807, 2.05) is 46.0 Å². The van der Waals surface area contributed by atoms with Crippen molar-refractivity contribution in [3.63, 3.8) is 0 Å². The number of rotatable bonds is 9. The number of fused-ring (bicyclic) bond motifs is 6. The molecule has 3 N–H and O–H groups in total. The lowest BCUT2D eigenvalue weighted by Crippen LogP contribution is -2.62. The van der Waals surface area contributed by atoms with Crippen molar-refractivity contribution in [3.05, 3.63) is 84.2 Å². The lowest BCUT2D eigenvalue weighted by molar-refractivity contribution is -0.155. The number of methoxy groups -OCH3 is 1. The van der Waals surface area contributed by atoms with Crippen LogP contribution in [0.3, 0.4) is 0 Å². The summed E-state index contributed by atoms with van der Waals surface area (Å²) >= 11 is 0. The van der Waals surface area contributed by atoms with Crippen molar-refractivity contribution in [1.29, 1.82) is 0 Å². The van der Waals surface area contributed by atoms with Crippen LogP contribution < -0.4 is 10.7 Å². The molecule has 0 spiro atoms. The first-order valence-electron chi connectivity index (χ1n) is 22.6. The van der Waals surface area contributed by atoms with E-state index in [9.17, 15) is 29.1 Å². The van der Waals surface area contributed by atoms with Crippen molar-refractivity contribution < 1.29 is 38.6 Å². The van der Waals surface area contributed by atoms with E-state index in [0.717, 1.165) is 39.0 Å². The Balaban J connectivity index is 1.30. The zero-order valence-corrected chi connectivity index (χ0v) is 38.8. The molecule has 0 unspecified atom stereocenters. The first kappa shape index (κ1) is 46.9. The molecule has 15 heteroatoms. The fraction of sp³-hybridized carbons (Fsp3) is 0.480. The van der Waals surface area contributed by atoms with Crippen LogP contribution in [-0.4, -0.2) is 118 Å². The average molecular weight is 890 g/mol. The van der Waals surface area contributed by atoms with Crippen LogP contribution in [0.25, 0.3) is 33.3 Å². The molecule has 346 valence electrons. The lowest BCUT2D eigenvalue weighted by Gasteiger charge is -2.37. The molecule has 0 aliphatic carbocycles. The van der Waals surface area contributed by atoms with Crippen molar-refractivity contribution >= 4 is 40.5 Å². The number of hydrogen-bond donors (Lipinski definition) is 3. The van der Waals surface area contributed by atoms with Crippen molar-refractivity contribution in [2.75, 3.05) is 40.4 Å². The Kier molecular flexibility index (Phi) is 13.9. The predicted molar refractivity (Wildman–Crippen MR) is 247 cm³/mol. The normalized spacial score (nSPS) is 21.1. The molecular formula is C50H63N7O8. The number of amides is 4. The van der Waals surface area contributed by atoms with E-state index in [4.69, 9.17) is 14.5 Å². The molecule has 2 aromatic heterocycles. The Morgan fingerprint density at radius 3 is 2.57 bits per heavy atom. The van der Waals surface area contributed by atoms with Gasteiger partial charge >= 0.3 is 5.97 Å². The summed E-state index contributed by atoms with van der Waals surface area (Å²) in [7, 11) is 5.27. The summed E-state index contributed by atoms with van der Waals surface area (Å²) in [6, 6.07) is 12.4. The van der Waals surface area contributed by atoms with Crippen molar-refractivity contribution in [2.45, 2.75) is 91.0 Å². The van der Waals surface area contributed by atoms with Crippen LogP contribution in [-0.2, 0) is 53.3 Å². The smallest absolute Gasteiger partial charge is 0.324 e. The lowest BCUT2D eigenvalue weighted by atomic mass is 9.84. The van der Waals surface area contributed by atoms with Crippen LogP contribution in [0, 0.1) is 17.3 Å². The zero-order valence-electron chi connectivity index (χ0n) is 38.8. The van der Waals surface area contributed by atoms with Gasteiger partial charge in [-0.05, 0) is 103 Å². The predicted octanol–water partition coefficient (Wildman–Crippen LogP) is 5.49. The Hall–Kier alpha value is -6.06. The minimum absolute atomic E-state index is 0.0123. The average Bonchev–Trinajstić information content (AvgIpc) is 3.88. The highest BCUT2D eigenvalue weighted by Crippen LogP contribution is 2.41. The van der Waals surface area contributed by atoms with Crippen LogP contribution in [0.1, 0.15) is 76.8 Å². The third kappa shape index (κ3) is 9.81. The second-order valence-corrected chi connectivity index (χ2v) is 19.0. The van der Waals surface area contributed by atoms with Crippen molar-refractivity contribution in [2.24, 2.45) is 24.3 Å². The number of cyclic esters (lactones) is 1. The number of hydrazine groups is 1. The molecule has 0 saturated carbocycles. The highest BCUT2D eigenvalue weighted by molar-refractivity contribution is 5.96. The van der Waals surface area contributed by atoms with Gasteiger partial charge < -0.3 is 34.3 Å². The molecule has 3 aliphatic rings. The number of phenols is 1. The molecule has 4 aromatic rings. The molecule has 2 fully saturated rings. The van der Waals surface area contributed by atoms with E-state index in [2.05, 4.69) is 53.9 Å². The van der Waals surface area contributed by atoms with Gasteiger partial charge in [-0.3, -0.25) is 34.0 Å². The Morgan fingerprint density at radius 2 is 1.85 bits per heavy atom. The highest BCUT2D eigenvalue weighted by Gasteiger charge is 2.40. The first-order valence-corrected chi connectivity index (χ1v) is 22.6. The standard InChI is InChI=1S/C50H63N7O8/c1-10-42(59)56-20-17-33(27-56)47(61)55(8)44(29(2)3)46(60)52-40-23-31-21-34(24-35(58)22-31)32-15-16-41-37(25-32)38(45(54(41)7)36-13-11-18-51-43(36)30(4)64-9)26-50(5,6)28-65-49(63)39-14-12-19-57(53-39)48(40)62/h10-11,13,15-16,18,21-22,24-25,29-30,33,39-40,44,53,58H,1,12,14,17,19-20,23,26-28H2,2-9H3,(H,52,60)/t30-,33-,39-,40-,44-/m0/s1. The number of hydrogen-bond acceptors (Lipinski definition) is 10. The number of nitrogens with zero attached hydrogens (tertiary/aromatic N) is 5. The number of esters is 1. The van der Waals surface area contributed by atoms with E-state index in [1.165, 1.54) is 16.0 Å². The topological polar surface area (TPSA) is 176 Å². The maximum atomic E-state index is 14.7. The van der Waals surface area contributed by atoms with Crippen LogP contribution >= 0.6 is 0 Å². The summed E-state index contributed by atoms with van der Waals surface area (Å²) in [5.74, 6) is -2.88. The Labute approximate surface area is 381 Å². The molecule has 2 aromatic carbocycles. The van der Waals surface area contributed by atoms with E-state index in [0.29, 0.717) is 43.4 Å². The maximum Gasteiger partial charge on any atom is 0.324 e. The molecule has 7 rings (SSSR count). The first-order chi connectivity index (χ1) is 30.9. The fourth-order valence-corrected chi connectivity index (χ4v) is 9.77. The minimum atomic E-state index is -1.16. The number of carbonyl (C=O) groups excluding carboxylic acids is 5. The second-order valence-electron chi connectivity index (χ2n) is 19.0. The third-order valence-electron chi connectivity index (χ3n) is 13.2. The maximum absolute atomic E-state index is 14.7. The second kappa shape index (κ2) is 19.2.